The van der Waals surface area contributed by atoms with Crippen LogP contribution in [0.15, 0.2) is 18.2 Å². The molecule has 0 spiro atoms. The highest BCUT2D eigenvalue weighted by atomic mass is 16.5. The van der Waals surface area contributed by atoms with E-state index in [1.807, 2.05) is 0 Å². The van der Waals surface area contributed by atoms with Gasteiger partial charge in [0, 0.05) is 13.6 Å². The van der Waals surface area contributed by atoms with Crippen LogP contribution in [0.2, 0.25) is 0 Å². The van der Waals surface area contributed by atoms with Crippen molar-refractivity contribution in [3.63, 3.8) is 0 Å². The summed E-state index contributed by atoms with van der Waals surface area (Å²) in [5.74, 6) is -0.206. The van der Waals surface area contributed by atoms with Crippen LogP contribution >= 0.6 is 0 Å². The Labute approximate surface area is 110 Å². The van der Waals surface area contributed by atoms with Crippen LogP contribution in [0.5, 0.6) is 5.75 Å². The molecule has 0 bridgehead atoms. The number of hydrogen-bond donors (Lipinski definition) is 1. The maximum absolute atomic E-state index is 11.5. The number of hydrogen-bond acceptors (Lipinski definition) is 4. The SMILES string of the molecule is CC1Oc2ccc(CN(C)C(=O)C#N)cc2NC1=O. The van der Waals surface area contributed by atoms with Crippen molar-refractivity contribution in [2.75, 3.05) is 12.4 Å². The second kappa shape index (κ2) is 4.98. The van der Waals surface area contributed by atoms with E-state index in [1.54, 1.807) is 38.2 Å². The van der Waals surface area contributed by atoms with Crippen LogP contribution < -0.4 is 10.1 Å². The highest BCUT2D eigenvalue weighted by Crippen LogP contribution is 2.30. The molecule has 1 aliphatic heterocycles. The first-order valence-electron chi connectivity index (χ1n) is 5.77. The van der Waals surface area contributed by atoms with Gasteiger partial charge in [0.05, 0.1) is 5.69 Å². The summed E-state index contributed by atoms with van der Waals surface area (Å²) in [7, 11) is 1.54. The van der Waals surface area contributed by atoms with Crippen LogP contribution in [0.4, 0.5) is 5.69 Å². The van der Waals surface area contributed by atoms with Gasteiger partial charge in [-0.05, 0) is 24.6 Å². The van der Waals surface area contributed by atoms with Crippen molar-refractivity contribution < 1.29 is 14.3 Å². The number of anilines is 1. The summed E-state index contributed by atoms with van der Waals surface area (Å²) in [6, 6.07) is 6.83. The molecule has 0 aromatic heterocycles. The zero-order valence-corrected chi connectivity index (χ0v) is 10.6. The van der Waals surface area contributed by atoms with E-state index in [1.165, 1.54) is 4.90 Å². The minimum atomic E-state index is -0.605. The van der Waals surface area contributed by atoms with Gasteiger partial charge < -0.3 is 15.0 Å². The molecular formula is C13H13N3O3. The molecule has 2 amide bonds. The lowest BCUT2D eigenvalue weighted by Crippen LogP contribution is -2.34. The first-order valence-corrected chi connectivity index (χ1v) is 5.77. The molecule has 1 unspecified atom stereocenters. The topological polar surface area (TPSA) is 82.4 Å². The van der Waals surface area contributed by atoms with Crippen LogP contribution in [0, 0.1) is 11.3 Å². The number of carbonyl (C=O) groups is 2. The summed E-state index contributed by atoms with van der Waals surface area (Å²) >= 11 is 0. The Bertz CT molecular complexity index is 577. The molecule has 1 N–H and O–H groups in total. The van der Waals surface area contributed by atoms with Gasteiger partial charge in [0.2, 0.25) is 0 Å². The number of nitrogens with one attached hydrogen (secondary N) is 1. The van der Waals surface area contributed by atoms with Crippen molar-refractivity contribution in [3.05, 3.63) is 23.8 Å². The number of nitrogens with zero attached hydrogens (tertiary/aromatic N) is 2. The Balaban J connectivity index is 2.18. The number of benzene rings is 1. The van der Waals surface area contributed by atoms with Crippen LogP contribution in [-0.4, -0.2) is 29.9 Å². The smallest absolute Gasteiger partial charge is 0.325 e. The van der Waals surface area contributed by atoms with Gasteiger partial charge in [0.15, 0.2) is 12.2 Å². The first-order chi connectivity index (χ1) is 9.01. The number of carbonyl (C=O) groups excluding carboxylic acids is 2. The number of ether oxygens (including phenoxy) is 1. The lowest BCUT2D eigenvalue weighted by Gasteiger charge is -2.24. The van der Waals surface area contributed by atoms with Crippen LogP contribution in [-0.2, 0) is 16.1 Å². The van der Waals surface area contributed by atoms with Gasteiger partial charge in [-0.2, -0.15) is 5.26 Å². The molecule has 98 valence electrons. The standard InChI is InChI=1S/C13H13N3O3/c1-8-13(18)15-10-5-9(3-4-11(10)19-8)7-16(2)12(17)6-14/h3-5,8H,7H2,1-2H3,(H,15,18). The van der Waals surface area contributed by atoms with Gasteiger partial charge in [-0.25, -0.2) is 0 Å². The average molecular weight is 259 g/mol. The zero-order valence-electron chi connectivity index (χ0n) is 10.6. The lowest BCUT2D eigenvalue weighted by molar-refractivity contribution is -0.124. The number of amides is 2. The van der Waals surface area contributed by atoms with E-state index in [4.69, 9.17) is 10.00 Å². The predicted molar refractivity (Wildman–Crippen MR) is 67.2 cm³/mol. The van der Waals surface area contributed by atoms with Crippen LogP contribution in [0.1, 0.15) is 12.5 Å². The van der Waals surface area contributed by atoms with Crippen molar-refractivity contribution in [3.8, 4) is 11.8 Å². The fourth-order valence-corrected chi connectivity index (χ4v) is 1.79. The Morgan fingerprint density at radius 3 is 3.00 bits per heavy atom. The summed E-state index contributed by atoms with van der Waals surface area (Å²) < 4.78 is 5.43. The van der Waals surface area contributed by atoms with Crippen LogP contribution in [0.25, 0.3) is 0 Å². The van der Waals surface area contributed by atoms with E-state index >= 15 is 0 Å². The Morgan fingerprint density at radius 2 is 2.32 bits per heavy atom. The third-order valence-electron chi connectivity index (χ3n) is 2.84. The molecule has 0 saturated carbocycles. The summed E-state index contributed by atoms with van der Waals surface area (Å²) in [5, 5.41) is 11.3. The van der Waals surface area contributed by atoms with Crippen LogP contribution in [0.3, 0.4) is 0 Å². The van der Waals surface area contributed by atoms with E-state index in [9.17, 15) is 9.59 Å². The molecule has 0 radical (unpaired) electrons. The maximum Gasteiger partial charge on any atom is 0.325 e. The van der Waals surface area contributed by atoms with Gasteiger partial charge in [-0.15, -0.1) is 0 Å². The molecule has 2 rings (SSSR count). The summed E-state index contributed by atoms with van der Waals surface area (Å²) in [5.41, 5.74) is 1.39. The highest BCUT2D eigenvalue weighted by molar-refractivity contribution is 5.97. The van der Waals surface area contributed by atoms with E-state index in [0.717, 1.165) is 5.56 Å². The molecule has 1 aromatic rings. The molecule has 0 aliphatic carbocycles. The molecule has 1 heterocycles. The first kappa shape index (κ1) is 12.9. The monoisotopic (exact) mass is 259 g/mol. The van der Waals surface area contributed by atoms with E-state index in [2.05, 4.69) is 5.32 Å². The highest BCUT2D eigenvalue weighted by Gasteiger charge is 2.23. The van der Waals surface area contributed by atoms with E-state index < -0.39 is 12.0 Å². The Morgan fingerprint density at radius 1 is 1.58 bits per heavy atom. The molecule has 1 aromatic carbocycles. The normalized spacial score (nSPS) is 16.7. The molecule has 6 nitrogen and oxygen atoms in total. The largest absolute Gasteiger partial charge is 0.479 e. The number of rotatable bonds is 2. The molecule has 6 heteroatoms. The van der Waals surface area contributed by atoms with Gasteiger partial charge >= 0.3 is 5.91 Å². The molecule has 1 atom stereocenters. The summed E-state index contributed by atoms with van der Waals surface area (Å²) in [4.78, 5) is 24.0. The zero-order chi connectivity index (χ0) is 14.0. The Hall–Kier alpha value is -2.55. The third-order valence-corrected chi connectivity index (χ3v) is 2.84. The van der Waals surface area contributed by atoms with Crippen molar-refractivity contribution >= 4 is 17.5 Å². The third kappa shape index (κ3) is 2.65. The predicted octanol–water partition coefficient (Wildman–Crippen LogP) is 0.888. The summed E-state index contributed by atoms with van der Waals surface area (Å²) in [6.45, 7) is 1.97. The lowest BCUT2D eigenvalue weighted by atomic mass is 10.1. The molecule has 0 saturated heterocycles. The molecule has 1 aliphatic rings. The van der Waals surface area contributed by atoms with Gasteiger partial charge in [-0.1, -0.05) is 6.07 Å². The second-order valence-corrected chi connectivity index (χ2v) is 4.35. The van der Waals surface area contributed by atoms with Gasteiger partial charge in [-0.3, -0.25) is 9.59 Å². The molecule has 0 fully saturated rings. The Kier molecular flexibility index (Phi) is 3.38. The number of fused-ring (bicyclic) bond motifs is 1. The quantitative estimate of drug-likeness (QED) is 0.799. The average Bonchev–Trinajstić information content (AvgIpc) is 2.39. The minimum absolute atomic E-state index is 0.203. The van der Waals surface area contributed by atoms with E-state index in [-0.39, 0.29) is 5.91 Å². The van der Waals surface area contributed by atoms with E-state index in [0.29, 0.717) is 18.0 Å². The second-order valence-electron chi connectivity index (χ2n) is 4.35. The maximum atomic E-state index is 11.5. The molecular weight excluding hydrogens is 246 g/mol. The van der Waals surface area contributed by atoms with Crippen molar-refractivity contribution in [1.29, 1.82) is 5.26 Å². The fourth-order valence-electron chi connectivity index (χ4n) is 1.79. The van der Waals surface area contributed by atoms with Gasteiger partial charge in [0.25, 0.3) is 5.91 Å². The van der Waals surface area contributed by atoms with Crippen molar-refractivity contribution in [2.45, 2.75) is 19.6 Å². The minimum Gasteiger partial charge on any atom is -0.479 e. The van der Waals surface area contributed by atoms with Crippen molar-refractivity contribution in [2.24, 2.45) is 0 Å². The fraction of sp³-hybridized carbons (Fsp3) is 0.308. The molecule has 19 heavy (non-hydrogen) atoms. The number of nitriles is 1. The van der Waals surface area contributed by atoms with Crippen molar-refractivity contribution in [1.82, 2.24) is 4.90 Å². The van der Waals surface area contributed by atoms with Gasteiger partial charge in [0.1, 0.15) is 5.75 Å². The summed E-state index contributed by atoms with van der Waals surface area (Å²) in [6.07, 6.45) is -0.513.